The number of anilines is 1. The summed E-state index contributed by atoms with van der Waals surface area (Å²) >= 11 is 23.6. The van der Waals surface area contributed by atoms with Crippen LogP contribution in [0.1, 0.15) is 5.56 Å². The normalized spacial score (nSPS) is 10.7. The smallest absolute Gasteiger partial charge is 0.250 e. The second kappa shape index (κ2) is 9.75. The number of nitrogens with one attached hydrogen (secondary N) is 2. The number of halogens is 4. The quantitative estimate of drug-likeness (QED) is 0.255. The molecule has 0 aliphatic rings. The van der Waals surface area contributed by atoms with E-state index < -0.39 is 5.91 Å². The highest BCUT2D eigenvalue weighted by Gasteiger charge is 2.10. The highest BCUT2D eigenvalue weighted by molar-refractivity contribution is 9.11. The highest BCUT2D eigenvalue weighted by atomic mass is 79.9. The topological polar surface area (TPSA) is 70.6 Å². The number of aromatic hydroxyl groups is 1. The minimum absolute atomic E-state index is 0.0462. The zero-order valence-electron chi connectivity index (χ0n) is 13.6. The number of methoxy groups -OCH3 is 1. The zero-order chi connectivity index (χ0) is 20.1. The van der Waals surface area contributed by atoms with E-state index >= 15 is 0 Å². The minimum Gasteiger partial charge on any atom is -0.505 e. The molecule has 0 aliphatic carbocycles. The maximum absolute atomic E-state index is 12.1. The van der Waals surface area contributed by atoms with Crippen molar-refractivity contribution in [2.24, 2.45) is 0 Å². The summed E-state index contributed by atoms with van der Waals surface area (Å²) < 4.78 is 6.90. The van der Waals surface area contributed by atoms with Gasteiger partial charge in [-0.25, -0.2) is 0 Å². The van der Waals surface area contributed by atoms with Gasteiger partial charge >= 0.3 is 0 Å². The standard InChI is InChI=1S/C17H12Br2Cl2N2O3S/c1-26-16-8(4-9(18)5-11(16)19)2-3-14(24)23-17(27)22-10-6-12(20)15(25)13(21)7-10/h2-7,25H,1H3,(H2,22,23,24,27). The molecule has 142 valence electrons. The summed E-state index contributed by atoms with van der Waals surface area (Å²) in [7, 11) is 1.54. The van der Waals surface area contributed by atoms with Crippen molar-refractivity contribution in [2.75, 3.05) is 12.4 Å². The number of carbonyl (C=O) groups is 1. The first-order chi connectivity index (χ1) is 12.7. The predicted octanol–water partition coefficient (Wildman–Crippen LogP) is 5.76. The monoisotopic (exact) mass is 552 g/mol. The molecule has 0 spiro atoms. The van der Waals surface area contributed by atoms with Crippen molar-refractivity contribution in [3.05, 3.63) is 54.9 Å². The lowest BCUT2D eigenvalue weighted by Crippen LogP contribution is -2.32. The summed E-state index contributed by atoms with van der Waals surface area (Å²) in [6.45, 7) is 0. The lowest BCUT2D eigenvalue weighted by molar-refractivity contribution is -0.115. The van der Waals surface area contributed by atoms with Crippen LogP contribution in [0.3, 0.4) is 0 Å². The fourth-order valence-electron chi connectivity index (χ4n) is 2.04. The molecule has 0 bridgehead atoms. The lowest BCUT2D eigenvalue weighted by Gasteiger charge is -2.10. The fourth-order valence-corrected chi connectivity index (χ4v) is 4.16. The summed E-state index contributed by atoms with van der Waals surface area (Å²) in [5.41, 5.74) is 1.12. The van der Waals surface area contributed by atoms with E-state index in [1.54, 1.807) is 13.2 Å². The van der Waals surface area contributed by atoms with Gasteiger partial charge in [0, 0.05) is 21.8 Å². The molecule has 0 atom stereocenters. The van der Waals surface area contributed by atoms with Crippen LogP contribution in [-0.4, -0.2) is 23.2 Å². The van der Waals surface area contributed by atoms with Gasteiger partial charge in [0.15, 0.2) is 10.9 Å². The van der Waals surface area contributed by atoms with Crippen LogP contribution in [0, 0.1) is 0 Å². The van der Waals surface area contributed by atoms with Gasteiger partial charge in [-0.2, -0.15) is 0 Å². The molecular weight excluding hydrogens is 543 g/mol. The number of thiocarbonyl (C=S) groups is 1. The average molecular weight is 555 g/mol. The van der Waals surface area contributed by atoms with E-state index in [0.29, 0.717) is 17.0 Å². The van der Waals surface area contributed by atoms with Crippen LogP contribution in [0.15, 0.2) is 39.3 Å². The third-order valence-corrected chi connectivity index (χ3v) is 4.99. The van der Waals surface area contributed by atoms with Crippen LogP contribution in [0.5, 0.6) is 11.5 Å². The maximum atomic E-state index is 12.1. The number of benzene rings is 2. The molecule has 10 heteroatoms. The zero-order valence-corrected chi connectivity index (χ0v) is 19.1. The summed E-state index contributed by atoms with van der Waals surface area (Å²) in [4.78, 5) is 12.1. The van der Waals surface area contributed by atoms with E-state index in [2.05, 4.69) is 42.5 Å². The van der Waals surface area contributed by atoms with Crippen LogP contribution in [0.2, 0.25) is 10.0 Å². The van der Waals surface area contributed by atoms with E-state index in [-0.39, 0.29) is 20.9 Å². The van der Waals surface area contributed by atoms with Gasteiger partial charge in [0.1, 0.15) is 5.75 Å². The number of hydrogen-bond donors (Lipinski definition) is 3. The molecule has 0 unspecified atom stereocenters. The molecule has 0 fully saturated rings. The molecule has 0 aromatic heterocycles. The number of phenols is 1. The van der Waals surface area contributed by atoms with Gasteiger partial charge in [0.2, 0.25) is 5.91 Å². The Hall–Kier alpha value is -1.32. The third kappa shape index (κ3) is 6.08. The van der Waals surface area contributed by atoms with E-state index in [1.807, 2.05) is 12.1 Å². The Balaban J connectivity index is 2.05. The molecule has 0 heterocycles. The van der Waals surface area contributed by atoms with Crippen molar-refractivity contribution in [1.82, 2.24) is 5.32 Å². The summed E-state index contributed by atoms with van der Waals surface area (Å²) in [6.07, 6.45) is 2.92. The molecule has 3 N–H and O–H groups in total. The largest absolute Gasteiger partial charge is 0.505 e. The molecule has 2 aromatic rings. The van der Waals surface area contributed by atoms with Gasteiger partial charge in [-0.3, -0.25) is 10.1 Å². The summed E-state index contributed by atoms with van der Waals surface area (Å²) in [5, 5.41) is 15.0. The molecule has 0 aliphatic heterocycles. The van der Waals surface area contributed by atoms with Gasteiger partial charge in [-0.05, 0) is 58.5 Å². The SMILES string of the molecule is COc1c(Br)cc(Br)cc1C=CC(=O)NC(=S)Nc1cc(Cl)c(O)c(Cl)c1. The summed E-state index contributed by atoms with van der Waals surface area (Å²) in [6, 6.07) is 6.51. The van der Waals surface area contributed by atoms with Gasteiger partial charge in [0.05, 0.1) is 21.6 Å². The molecule has 1 amide bonds. The summed E-state index contributed by atoms with van der Waals surface area (Å²) in [5.74, 6) is -0.0751. The minimum atomic E-state index is -0.443. The number of amides is 1. The van der Waals surface area contributed by atoms with Gasteiger partial charge in [-0.15, -0.1) is 0 Å². The van der Waals surface area contributed by atoms with Crippen molar-refractivity contribution in [1.29, 1.82) is 0 Å². The van der Waals surface area contributed by atoms with Gasteiger partial charge in [0.25, 0.3) is 0 Å². The molecule has 0 saturated heterocycles. The first kappa shape index (κ1) is 22.0. The molecule has 0 saturated carbocycles. The van der Waals surface area contributed by atoms with E-state index in [9.17, 15) is 9.90 Å². The van der Waals surface area contributed by atoms with E-state index in [1.165, 1.54) is 18.2 Å². The number of hydrogen-bond acceptors (Lipinski definition) is 4. The lowest BCUT2D eigenvalue weighted by atomic mass is 10.2. The van der Waals surface area contributed by atoms with Crippen molar-refractivity contribution >= 4 is 90.1 Å². The first-order valence-corrected chi connectivity index (χ1v) is 9.97. The number of carbonyl (C=O) groups excluding carboxylic acids is 1. The molecular formula is C17H12Br2Cl2N2O3S. The highest BCUT2D eigenvalue weighted by Crippen LogP contribution is 2.35. The fraction of sp³-hybridized carbons (Fsp3) is 0.0588. The van der Waals surface area contributed by atoms with Crippen LogP contribution < -0.4 is 15.4 Å². The van der Waals surface area contributed by atoms with Crippen molar-refractivity contribution in [3.8, 4) is 11.5 Å². The second-order valence-corrected chi connectivity index (χ2v) is 8.07. The number of ether oxygens (including phenoxy) is 1. The molecule has 5 nitrogen and oxygen atoms in total. The maximum Gasteiger partial charge on any atom is 0.250 e. The Labute approximate surface area is 187 Å². The number of phenolic OH excluding ortho intramolecular Hbond substituents is 1. The van der Waals surface area contributed by atoms with Crippen molar-refractivity contribution in [3.63, 3.8) is 0 Å². The Bertz CT molecular complexity index is 916. The third-order valence-electron chi connectivity index (χ3n) is 3.17. The van der Waals surface area contributed by atoms with E-state index in [4.69, 9.17) is 40.2 Å². The van der Waals surface area contributed by atoms with Crippen LogP contribution in [-0.2, 0) is 4.79 Å². The Morgan fingerprint density at radius 3 is 2.44 bits per heavy atom. The predicted molar refractivity (Wildman–Crippen MR) is 120 cm³/mol. The second-order valence-electron chi connectivity index (χ2n) is 5.08. The van der Waals surface area contributed by atoms with Gasteiger partial charge in [-0.1, -0.05) is 39.1 Å². The first-order valence-electron chi connectivity index (χ1n) is 7.22. The van der Waals surface area contributed by atoms with Crippen LogP contribution >= 0.6 is 67.3 Å². The Morgan fingerprint density at radius 2 is 1.85 bits per heavy atom. The van der Waals surface area contributed by atoms with Gasteiger partial charge < -0.3 is 15.2 Å². The van der Waals surface area contributed by atoms with Crippen LogP contribution in [0.25, 0.3) is 6.08 Å². The Kier molecular flexibility index (Phi) is 7.93. The molecule has 2 aromatic carbocycles. The average Bonchev–Trinajstić information content (AvgIpc) is 2.57. The molecule has 0 radical (unpaired) electrons. The Morgan fingerprint density at radius 1 is 1.22 bits per heavy atom. The number of rotatable bonds is 4. The van der Waals surface area contributed by atoms with Crippen molar-refractivity contribution < 1.29 is 14.6 Å². The van der Waals surface area contributed by atoms with E-state index in [0.717, 1.165) is 8.95 Å². The van der Waals surface area contributed by atoms with Crippen molar-refractivity contribution in [2.45, 2.75) is 0 Å². The van der Waals surface area contributed by atoms with Crippen LogP contribution in [0.4, 0.5) is 5.69 Å². The molecule has 27 heavy (non-hydrogen) atoms. The molecule has 2 rings (SSSR count).